The first-order chi connectivity index (χ1) is 22.6. The third-order valence-corrected chi connectivity index (χ3v) is 9.85. The summed E-state index contributed by atoms with van der Waals surface area (Å²) in [6.45, 7) is 39.0. The van der Waals surface area contributed by atoms with E-state index in [1.165, 1.54) is 16.7 Å². The summed E-state index contributed by atoms with van der Waals surface area (Å²) in [5.74, 6) is 1.46. The van der Waals surface area contributed by atoms with E-state index in [2.05, 4.69) is 143 Å². The first kappa shape index (κ1) is 44.8. The molecule has 3 rings (SSSR count). The molecule has 0 fully saturated rings. The maximum atomic E-state index is 15.3. The van der Waals surface area contributed by atoms with Gasteiger partial charge in [-0.05, 0) is 67.4 Å². The van der Waals surface area contributed by atoms with Gasteiger partial charge in [0.15, 0.2) is 0 Å². The Morgan fingerprint density at radius 3 is 0.765 bits per heavy atom. The fourth-order valence-electron chi connectivity index (χ4n) is 5.40. The summed E-state index contributed by atoms with van der Waals surface area (Å²) in [7, 11) is -6.96. The molecule has 286 valence electrons. The first-order valence-electron chi connectivity index (χ1n) is 17.7. The average Bonchev–Trinajstić information content (AvgIpc) is 2.89. The van der Waals surface area contributed by atoms with Crippen molar-refractivity contribution in [3.8, 4) is 17.2 Å². The molecule has 0 aliphatic rings. The molecule has 0 saturated carbocycles. The molecule has 0 radical (unpaired) electrons. The fraction of sp³-hybridized carbons (Fsp3) is 0.571. The molecular formula is C42H66O7P2. The van der Waals surface area contributed by atoms with Gasteiger partial charge in [0, 0.05) is 16.7 Å². The summed E-state index contributed by atoms with van der Waals surface area (Å²) in [6.07, 6.45) is 0. The van der Waals surface area contributed by atoms with Gasteiger partial charge in [0.25, 0.3) is 0 Å². The highest BCUT2D eigenvalue weighted by Crippen LogP contribution is 2.55. The molecule has 0 spiro atoms. The number of benzene rings is 3. The van der Waals surface area contributed by atoms with Crippen LogP contribution in [0.1, 0.15) is 158 Å². The normalized spacial score (nSPS) is 13.5. The van der Waals surface area contributed by atoms with E-state index in [0.717, 1.165) is 16.7 Å². The summed E-state index contributed by atoms with van der Waals surface area (Å²) in [5, 5.41) is 0. The van der Waals surface area contributed by atoms with Crippen LogP contribution in [0.2, 0.25) is 0 Å². The van der Waals surface area contributed by atoms with Crippen LogP contribution in [-0.2, 0) is 37.1 Å². The Labute approximate surface area is 310 Å². The average molecular weight is 745 g/mol. The van der Waals surface area contributed by atoms with E-state index in [1.54, 1.807) is 0 Å². The van der Waals surface area contributed by atoms with Crippen molar-refractivity contribution in [2.75, 3.05) is 0 Å². The van der Waals surface area contributed by atoms with Crippen LogP contribution < -0.4 is 13.6 Å². The smallest absolute Gasteiger partial charge is 0.386 e. The SMILES string of the molecule is CC(C)(C)c1ccc(OP(=O)(Oc2ccc(C(C)(C)C)cc2C(C)(C)C)Oc2ccc(C(C)(C)C)cc2C(C)(C)C)c(C(C)(C)C)c1.OP(O)O. The molecule has 0 bridgehead atoms. The predicted octanol–water partition coefficient (Wildman–Crippen LogP) is 12.3. The lowest BCUT2D eigenvalue weighted by molar-refractivity contribution is 0.290. The highest BCUT2D eigenvalue weighted by molar-refractivity contribution is 7.49. The van der Waals surface area contributed by atoms with Gasteiger partial charge in [-0.2, -0.15) is 4.57 Å². The van der Waals surface area contributed by atoms with E-state index in [0.29, 0.717) is 17.2 Å². The summed E-state index contributed by atoms with van der Waals surface area (Å²) in [5.41, 5.74) is 5.26. The molecule has 9 heteroatoms. The van der Waals surface area contributed by atoms with Crippen LogP contribution in [-0.4, -0.2) is 14.7 Å². The van der Waals surface area contributed by atoms with Crippen molar-refractivity contribution in [3.05, 3.63) is 88.0 Å². The molecule has 0 saturated heterocycles. The molecule has 3 aromatic rings. The maximum Gasteiger partial charge on any atom is 0.647 e. The molecular weight excluding hydrogens is 678 g/mol. The minimum Gasteiger partial charge on any atom is -0.386 e. The van der Waals surface area contributed by atoms with E-state index < -0.39 is 16.4 Å². The van der Waals surface area contributed by atoms with Gasteiger partial charge in [-0.15, -0.1) is 0 Å². The highest BCUT2D eigenvalue weighted by Gasteiger charge is 2.39. The van der Waals surface area contributed by atoms with Crippen LogP contribution in [0.25, 0.3) is 0 Å². The Bertz CT molecular complexity index is 1490. The summed E-state index contributed by atoms with van der Waals surface area (Å²) < 4.78 is 35.1. The van der Waals surface area contributed by atoms with Gasteiger partial charge in [-0.1, -0.05) is 161 Å². The van der Waals surface area contributed by atoms with Gasteiger partial charge in [-0.3, -0.25) is 0 Å². The number of rotatable bonds is 6. The van der Waals surface area contributed by atoms with Crippen molar-refractivity contribution in [3.63, 3.8) is 0 Å². The van der Waals surface area contributed by atoms with Crippen molar-refractivity contribution in [2.24, 2.45) is 0 Å². The van der Waals surface area contributed by atoms with E-state index >= 15 is 4.57 Å². The molecule has 3 N–H and O–H groups in total. The van der Waals surface area contributed by atoms with Crippen molar-refractivity contribution in [1.82, 2.24) is 0 Å². The van der Waals surface area contributed by atoms with Crippen molar-refractivity contribution in [2.45, 2.75) is 157 Å². The van der Waals surface area contributed by atoms with E-state index in [9.17, 15) is 0 Å². The van der Waals surface area contributed by atoms with Gasteiger partial charge in [0.2, 0.25) is 0 Å². The van der Waals surface area contributed by atoms with Gasteiger partial charge in [0.1, 0.15) is 17.2 Å². The zero-order valence-corrected chi connectivity index (χ0v) is 36.4. The van der Waals surface area contributed by atoms with Gasteiger partial charge in [0.05, 0.1) is 0 Å². The second kappa shape index (κ2) is 15.5. The van der Waals surface area contributed by atoms with Crippen molar-refractivity contribution < 1.29 is 32.8 Å². The van der Waals surface area contributed by atoms with Crippen molar-refractivity contribution >= 4 is 16.4 Å². The Kier molecular flexibility index (Phi) is 13.6. The van der Waals surface area contributed by atoms with Crippen LogP contribution in [0.4, 0.5) is 0 Å². The molecule has 51 heavy (non-hydrogen) atoms. The maximum absolute atomic E-state index is 15.3. The van der Waals surface area contributed by atoms with Crippen LogP contribution >= 0.6 is 16.4 Å². The standard InChI is InChI=1S/C42H63O4P.H3O3P/c1-37(2,3)28-19-22-34(31(25-28)40(10,11)12)44-47(43,45-35-23-20-29(38(4,5)6)26-32(35)41(13,14)15)46-36-24-21-30(39(7,8)9)27-33(36)42(16,17)18;1-4(2)3/h19-27H,1-18H3;1-3H. The van der Waals surface area contributed by atoms with E-state index in [4.69, 9.17) is 28.3 Å². The monoisotopic (exact) mass is 744 g/mol. The van der Waals surface area contributed by atoms with Crippen molar-refractivity contribution in [1.29, 1.82) is 0 Å². The van der Waals surface area contributed by atoms with E-state index in [1.807, 2.05) is 36.4 Å². The lowest BCUT2D eigenvalue weighted by Gasteiger charge is -2.31. The summed E-state index contributed by atoms with van der Waals surface area (Å²) in [4.78, 5) is 21.7. The lowest BCUT2D eigenvalue weighted by Crippen LogP contribution is -2.21. The summed E-state index contributed by atoms with van der Waals surface area (Å²) in [6, 6.07) is 18.4. The number of hydrogen-bond acceptors (Lipinski definition) is 7. The Morgan fingerprint density at radius 1 is 0.412 bits per heavy atom. The minimum atomic E-state index is -4.34. The summed E-state index contributed by atoms with van der Waals surface area (Å²) >= 11 is 0. The van der Waals surface area contributed by atoms with Crippen LogP contribution in [0.15, 0.2) is 54.6 Å². The molecule has 7 nitrogen and oxygen atoms in total. The third-order valence-electron chi connectivity index (χ3n) is 8.59. The zero-order chi connectivity index (χ0) is 39.8. The Balaban J connectivity index is 0.00000213. The molecule has 0 aliphatic heterocycles. The first-order valence-corrected chi connectivity index (χ1v) is 20.3. The number of phosphoric acid groups is 1. The molecule has 0 heterocycles. The molecule has 0 aliphatic carbocycles. The number of phosphoric ester groups is 1. The fourth-order valence-corrected chi connectivity index (χ4v) is 6.72. The van der Waals surface area contributed by atoms with Gasteiger partial charge < -0.3 is 28.3 Å². The van der Waals surface area contributed by atoms with E-state index in [-0.39, 0.29) is 32.5 Å². The molecule has 0 amide bonds. The molecule has 0 aromatic heterocycles. The second-order valence-electron chi connectivity index (χ2n) is 19.6. The largest absolute Gasteiger partial charge is 0.647 e. The minimum absolute atomic E-state index is 0.0674. The quantitative estimate of drug-likeness (QED) is 0.216. The lowest BCUT2D eigenvalue weighted by atomic mass is 9.80. The van der Waals surface area contributed by atoms with Crippen LogP contribution in [0, 0.1) is 0 Å². The highest BCUT2D eigenvalue weighted by atomic mass is 31.2. The Hall–Kier alpha value is -2.40. The number of hydrogen-bond donors (Lipinski definition) is 3. The zero-order valence-electron chi connectivity index (χ0n) is 34.6. The second-order valence-corrected chi connectivity index (χ2v) is 21.6. The van der Waals surface area contributed by atoms with Gasteiger partial charge in [-0.25, -0.2) is 0 Å². The topological polar surface area (TPSA) is 105 Å². The van der Waals surface area contributed by atoms with Gasteiger partial charge >= 0.3 is 16.4 Å². The van der Waals surface area contributed by atoms with Crippen LogP contribution in [0.5, 0.6) is 17.2 Å². The van der Waals surface area contributed by atoms with Crippen LogP contribution in [0.3, 0.4) is 0 Å². The molecule has 3 aromatic carbocycles. The molecule has 0 unspecified atom stereocenters. The Morgan fingerprint density at radius 2 is 0.608 bits per heavy atom. The predicted molar refractivity (Wildman–Crippen MR) is 215 cm³/mol. The molecule has 0 atom stereocenters. The third kappa shape index (κ3) is 12.9.